The molecule has 1 aliphatic heterocycles. The summed E-state index contributed by atoms with van der Waals surface area (Å²) in [6.07, 6.45) is 0. The number of rotatable bonds is 0. The van der Waals surface area contributed by atoms with E-state index in [1.165, 1.54) is 0 Å². The highest BCUT2D eigenvalue weighted by atomic mass is 32.2. The van der Waals surface area contributed by atoms with Crippen LogP contribution in [0.1, 0.15) is 20.8 Å². The maximum atomic E-state index is 11.4. The lowest BCUT2D eigenvalue weighted by Gasteiger charge is -2.34. The van der Waals surface area contributed by atoms with E-state index < -0.39 is 15.4 Å². The first-order chi connectivity index (χ1) is 5.25. The van der Waals surface area contributed by atoms with Gasteiger partial charge in [0.05, 0.1) is 12.3 Å². The predicted molar refractivity (Wildman–Crippen MR) is 45.0 cm³/mol. The first-order valence-corrected chi connectivity index (χ1v) is 5.41. The molecule has 1 saturated heterocycles. The van der Waals surface area contributed by atoms with E-state index in [0.29, 0.717) is 6.54 Å². The number of carbonyl (C=O) groups is 1. The highest BCUT2D eigenvalue weighted by Gasteiger charge is 2.41. The summed E-state index contributed by atoms with van der Waals surface area (Å²) >= 11 is 0. The van der Waals surface area contributed by atoms with Crippen LogP contribution >= 0.6 is 0 Å². The third kappa shape index (κ3) is 1.46. The Morgan fingerprint density at radius 2 is 1.83 bits per heavy atom. The SMILES string of the molecule is CC(C)(C)C(=O)N1CCS1(=O)=O. The molecule has 0 atom stereocenters. The minimum Gasteiger partial charge on any atom is -0.273 e. The Bertz CT molecular complexity index is 299. The van der Waals surface area contributed by atoms with Gasteiger partial charge in [0.1, 0.15) is 0 Å². The number of nitrogens with zero attached hydrogens (tertiary/aromatic N) is 1. The molecule has 1 heterocycles. The van der Waals surface area contributed by atoms with Crippen LogP contribution in [0.15, 0.2) is 0 Å². The Labute approximate surface area is 72.6 Å². The van der Waals surface area contributed by atoms with Gasteiger partial charge in [0.15, 0.2) is 0 Å². The molecular formula is C7H13NO3S. The molecular weight excluding hydrogens is 178 g/mol. The van der Waals surface area contributed by atoms with Crippen LogP contribution in [0.25, 0.3) is 0 Å². The molecule has 12 heavy (non-hydrogen) atoms. The Kier molecular flexibility index (Phi) is 1.94. The third-order valence-corrected chi connectivity index (χ3v) is 3.47. The standard InChI is InChI=1S/C7H13NO3S/c1-7(2,3)6(9)8-4-5-12(8,10)11/h4-5H2,1-3H3. The van der Waals surface area contributed by atoms with Crippen LogP contribution in [-0.2, 0) is 14.8 Å². The Morgan fingerprint density at radius 1 is 1.33 bits per heavy atom. The molecule has 1 fully saturated rings. The van der Waals surface area contributed by atoms with Crippen LogP contribution in [0.2, 0.25) is 0 Å². The van der Waals surface area contributed by atoms with E-state index in [4.69, 9.17) is 0 Å². The van der Waals surface area contributed by atoms with Crippen molar-refractivity contribution < 1.29 is 13.2 Å². The largest absolute Gasteiger partial charge is 0.273 e. The fraction of sp³-hybridized carbons (Fsp3) is 0.857. The summed E-state index contributed by atoms with van der Waals surface area (Å²) in [6.45, 7) is 5.48. The molecule has 0 N–H and O–H groups in total. The van der Waals surface area contributed by atoms with Crippen molar-refractivity contribution >= 4 is 15.9 Å². The number of sulfonamides is 1. The van der Waals surface area contributed by atoms with Crippen LogP contribution in [0.4, 0.5) is 0 Å². The van der Waals surface area contributed by atoms with Crippen LogP contribution in [0.5, 0.6) is 0 Å². The second-order valence-corrected chi connectivity index (χ2v) is 5.96. The molecule has 0 aromatic carbocycles. The summed E-state index contributed by atoms with van der Waals surface area (Å²) < 4.78 is 23.0. The molecule has 0 spiro atoms. The minimum atomic E-state index is -3.22. The van der Waals surface area contributed by atoms with Gasteiger partial charge in [0.25, 0.3) is 0 Å². The van der Waals surface area contributed by atoms with Gasteiger partial charge in [-0.15, -0.1) is 0 Å². The smallest absolute Gasteiger partial charge is 0.241 e. The molecule has 1 rings (SSSR count). The van der Waals surface area contributed by atoms with Crippen molar-refractivity contribution in [3.05, 3.63) is 0 Å². The molecule has 5 heteroatoms. The van der Waals surface area contributed by atoms with Gasteiger partial charge in [0, 0.05) is 5.41 Å². The summed E-state index contributed by atoms with van der Waals surface area (Å²) in [6, 6.07) is 0. The lowest BCUT2D eigenvalue weighted by Crippen LogP contribution is -2.54. The molecule has 70 valence electrons. The van der Waals surface area contributed by atoms with E-state index in [2.05, 4.69) is 0 Å². The van der Waals surface area contributed by atoms with Gasteiger partial charge < -0.3 is 0 Å². The molecule has 0 aliphatic carbocycles. The van der Waals surface area contributed by atoms with E-state index in [-0.39, 0.29) is 11.7 Å². The molecule has 0 aromatic rings. The van der Waals surface area contributed by atoms with E-state index in [0.717, 1.165) is 4.31 Å². The fourth-order valence-corrected chi connectivity index (χ4v) is 2.12. The average Bonchev–Trinajstić information content (AvgIpc) is 1.83. The van der Waals surface area contributed by atoms with Gasteiger partial charge in [-0.2, -0.15) is 0 Å². The molecule has 0 aromatic heterocycles. The maximum absolute atomic E-state index is 11.4. The van der Waals surface area contributed by atoms with Gasteiger partial charge in [-0.25, -0.2) is 12.7 Å². The second-order valence-electron chi connectivity index (χ2n) is 3.94. The maximum Gasteiger partial charge on any atom is 0.241 e. The quantitative estimate of drug-likeness (QED) is 0.550. The van der Waals surface area contributed by atoms with Crippen LogP contribution < -0.4 is 0 Å². The molecule has 0 unspecified atom stereocenters. The number of carbonyl (C=O) groups excluding carboxylic acids is 1. The molecule has 0 radical (unpaired) electrons. The lowest BCUT2D eigenvalue weighted by molar-refractivity contribution is -0.134. The number of hydrogen-bond donors (Lipinski definition) is 0. The van der Waals surface area contributed by atoms with Crippen LogP contribution in [0, 0.1) is 5.41 Å². The zero-order valence-corrected chi connectivity index (χ0v) is 8.31. The van der Waals surface area contributed by atoms with E-state index >= 15 is 0 Å². The molecule has 1 amide bonds. The van der Waals surface area contributed by atoms with Gasteiger partial charge in [-0.3, -0.25) is 4.79 Å². The zero-order valence-electron chi connectivity index (χ0n) is 7.49. The Hall–Kier alpha value is -0.580. The summed E-state index contributed by atoms with van der Waals surface area (Å²) in [5.41, 5.74) is -0.604. The van der Waals surface area contributed by atoms with Gasteiger partial charge >= 0.3 is 0 Å². The summed E-state index contributed by atoms with van der Waals surface area (Å²) in [7, 11) is -3.22. The number of hydrogen-bond acceptors (Lipinski definition) is 3. The van der Waals surface area contributed by atoms with E-state index in [9.17, 15) is 13.2 Å². The van der Waals surface area contributed by atoms with Crippen molar-refractivity contribution in [3.63, 3.8) is 0 Å². The number of amides is 1. The van der Waals surface area contributed by atoms with E-state index in [1.807, 2.05) is 0 Å². The topological polar surface area (TPSA) is 54.5 Å². The average molecular weight is 191 g/mol. The van der Waals surface area contributed by atoms with Crippen molar-refractivity contribution in [2.24, 2.45) is 5.41 Å². The first-order valence-electron chi connectivity index (χ1n) is 3.80. The predicted octanol–water partition coefficient (Wildman–Crippen LogP) is 0.205. The molecule has 0 saturated carbocycles. The monoisotopic (exact) mass is 191 g/mol. The lowest BCUT2D eigenvalue weighted by atomic mass is 9.96. The van der Waals surface area contributed by atoms with Crippen molar-refractivity contribution in [2.75, 3.05) is 12.3 Å². The van der Waals surface area contributed by atoms with Crippen LogP contribution in [0.3, 0.4) is 0 Å². The Balaban J connectivity index is 2.81. The Morgan fingerprint density at radius 3 is 1.92 bits per heavy atom. The van der Waals surface area contributed by atoms with Crippen molar-refractivity contribution in [1.82, 2.24) is 4.31 Å². The first kappa shape index (κ1) is 9.51. The summed E-state index contributed by atoms with van der Waals surface area (Å²) in [5, 5.41) is 0. The molecule has 4 nitrogen and oxygen atoms in total. The third-order valence-electron chi connectivity index (χ3n) is 1.76. The van der Waals surface area contributed by atoms with Gasteiger partial charge in [-0.1, -0.05) is 20.8 Å². The van der Waals surface area contributed by atoms with E-state index in [1.54, 1.807) is 20.8 Å². The highest BCUT2D eigenvalue weighted by molar-refractivity contribution is 7.90. The zero-order chi connectivity index (χ0) is 9.57. The fourth-order valence-electron chi connectivity index (χ4n) is 0.934. The summed E-state index contributed by atoms with van der Waals surface area (Å²) in [5.74, 6) is -0.205. The second kappa shape index (κ2) is 2.45. The van der Waals surface area contributed by atoms with Gasteiger partial charge in [0.2, 0.25) is 15.9 Å². The molecule has 1 aliphatic rings. The highest BCUT2D eigenvalue weighted by Crippen LogP contribution is 2.23. The van der Waals surface area contributed by atoms with Crippen LogP contribution in [-0.4, -0.2) is 30.9 Å². The van der Waals surface area contributed by atoms with Gasteiger partial charge in [-0.05, 0) is 0 Å². The normalized spacial score (nSPS) is 21.8. The van der Waals surface area contributed by atoms with Crippen molar-refractivity contribution in [2.45, 2.75) is 20.8 Å². The van der Waals surface area contributed by atoms with Crippen molar-refractivity contribution in [3.8, 4) is 0 Å². The summed E-state index contributed by atoms with van der Waals surface area (Å²) in [4.78, 5) is 11.4. The van der Waals surface area contributed by atoms with Crippen molar-refractivity contribution in [1.29, 1.82) is 0 Å². The minimum absolute atomic E-state index is 0.106. The molecule has 0 bridgehead atoms.